The zero-order chi connectivity index (χ0) is 31.1. The van der Waals surface area contributed by atoms with E-state index in [4.69, 9.17) is 34.6 Å². The summed E-state index contributed by atoms with van der Waals surface area (Å²) in [5.41, 5.74) is 4.17. The minimum Gasteiger partial charge on any atom is -0.324 e. The Hall–Kier alpha value is -7.05. The summed E-state index contributed by atoms with van der Waals surface area (Å²) in [7, 11) is 0. The highest BCUT2D eigenvalue weighted by molar-refractivity contribution is 6.30. The molecule has 14 heteroatoms. The van der Waals surface area contributed by atoms with Crippen LogP contribution in [0.1, 0.15) is 33.4 Å². The first-order chi connectivity index (χ1) is 22.4. The smallest absolute Gasteiger partial charge is 0.324 e. The Kier molecular flexibility index (Phi) is 5.10. The van der Waals surface area contributed by atoms with E-state index >= 15 is 0 Å². The van der Waals surface area contributed by atoms with E-state index in [1.54, 1.807) is 12.1 Å². The summed E-state index contributed by atoms with van der Waals surface area (Å²) in [6, 6.07) is 23.8. The van der Waals surface area contributed by atoms with Crippen molar-refractivity contribution in [2.75, 3.05) is 0 Å². The van der Waals surface area contributed by atoms with Crippen molar-refractivity contribution in [3.8, 4) is 0 Å². The molecule has 8 bridgehead atoms. The Balaban J connectivity index is 1.41. The molecule has 0 atom stereocenters. The molecule has 0 saturated heterocycles. The number of fused-ring (bicyclic) bond motifs is 16. The first-order valence-corrected chi connectivity index (χ1v) is 13.9. The van der Waals surface area contributed by atoms with Crippen LogP contribution in [0.25, 0.3) is 10.8 Å². The molecule has 216 valence electrons. The minimum atomic E-state index is -0.502. The molecule has 0 unspecified atom stereocenters. The lowest BCUT2D eigenvalue weighted by Crippen LogP contribution is -2.15. The van der Waals surface area contributed by atoms with E-state index in [0.717, 1.165) is 22.3 Å². The number of hydrogen-bond acceptors (Lipinski definition) is 10. The van der Waals surface area contributed by atoms with E-state index in [-0.39, 0.29) is 28.5 Å². The van der Waals surface area contributed by atoms with Crippen molar-refractivity contribution >= 4 is 57.2 Å². The molecule has 46 heavy (non-hydrogen) atoms. The summed E-state index contributed by atoms with van der Waals surface area (Å²) in [5, 5.41) is 24.4. The molecule has 4 aromatic carbocycles. The highest BCUT2D eigenvalue weighted by Gasteiger charge is 2.34. The van der Waals surface area contributed by atoms with Crippen molar-refractivity contribution in [3.05, 3.63) is 150 Å². The van der Waals surface area contributed by atoms with E-state index in [2.05, 4.69) is 4.98 Å². The van der Waals surface area contributed by atoms with Crippen LogP contribution in [0.5, 0.6) is 0 Å². The Bertz CT molecular complexity index is 2640. The first kappa shape index (κ1) is 25.4. The number of nitrogens with one attached hydrogen (secondary N) is 1. The Labute approximate surface area is 256 Å². The molecule has 5 aromatic rings. The van der Waals surface area contributed by atoms with Crippen LogP contribution >= 0.6 is 0 Å². The largest absolute Gasteiger partial charge is 0.360 e. The summed E-state index contributed by atoms with van der Waals surface area (Å²) in [6.07, 6.45) is 0. The van der Waals surface area contributed by atoms with Crippen LogP contribution in [0.3, 0.4) is 0 Å². The molecule has 1 N–H and O–H groups in total. The number of hydrogen-bond donors (Lipinski definition) is 1. The normalized spacial score (nSPS) is 15.2. The molecule has 1 aromatic heterocycles. The van der Waals surface area contributed by atoms with Crippen molar-refractivity contribution in [1.82, 2.24) is 9.65 Å². The number of aliphatic imine (C=N–C) groups is 4. The Morgan fingerprint density at radius 3 is 1.59 bits per heavy atom. The topological polar surface area (TPSA) is 190 Å². The van der Waals surface area contributed by atoms with Crippen LogP contribution in [0, 0.1) is 20.2 Å². The van der Waals surface area contributed by atoms with E-state index in [0.29, 0.717) is 50.7 Å². The van der Waals surface area contributed by atoms with Crippen molar-refractivity contribution in [3.63, 3.8) is 0 Å². The van der Waals surface area contributed by atoms with Gasteiger partial charge in [-0.15, -0.1) is 0 Å². The van der Waals surface area contributed by atoms with Gasteiger partial charge in [0.25, 0.3) is 11.4 Å². The standard InChI is InChI=1S/C32H14N10O4/c43-41(44)15-9-11-21-23(13-15)31-38-29(21)36-27-19-7-3-1-5-17(19)25(34-27)33-26-18-6-2-4-8-20(18)28(35-26)37-30-22-12-10-16(42(45)46)14-24(22)32(39-30)40-31/h1-14H/p+1. The predicted molar refractivity (Wildman–Crippen MR) is 170 cm³/mol. The van der Waals surface area contributed by atoms with Gasteiger partial charge >= 0.3 is 11.7 Å². The molecular weight excluding hydrogens is 588 g/mol. The average molecular weight is 604 g/mol. The fourth-order valence-corrected chi connectivity index (χ4v) is 5.83. The van der Waals surface area contributed by atoms with Crippen LogP contribution in [0.15, 0.2) is 115 Å². The molecular formula is C32H15N10O4+. The van der Waals surface area contributed by atoms with Gasteiger partial charge < -0.3 is 4.98 Å². The van der Waals surface area contributed by atoms with Gasteiger partial charge in [0.2, 0.25) is 11.7 Å². The van der Waals surface area contributed by atoms with E-state index in [1.165, 1.54) is 24.3 Å². The number of rotatable bonds is 2. The highest BCUT2D eigenvalue weighted by Crippen LogP contribution is 2.27. The van der Waals surface area contributed by atoms with Crippen molar-refractivity contribution in [1.29, 1.82) is 0 Å². The number of H-pyrrole nitrogens is 1. The quantitative estimate of drug-likeness (QED) is 0.184. The molecule has 4 aliphatic heterocycles. The summed E-state index contributed by atoms with van der Waals surface area (Å²) in [6.45, 7) is 0. The number of benzene rings is 4. The fraction of sp³-hybridized carbons (Fsp3) is 0. The zero-order valence-corrected chi connectivity index (χ0v) is 23.2. The number of non-ortho nitro benzene ring substituents is 2. The second kappa shape index (κ2) is 9.22. The highest BCUT2D eigenvalue weighted by atomic mass is 16.6. The van der Waals surface area contributed by atoms with Crippen molar-refractivity contribution in [2.45, 2.75) is 0 Å². The number of nitro benzene ring substituents is 2. The maximum atomic E-state index is 11.7. The third-order valence-electron chi connectivity index (χ3n) is 7.97. The molecule has 0 fully saturated rings. The number of nitro groups is 2. The van der Waals surface area contributed by atoms with Gasteiger partial charge in [0.15, 0.2) is 11.7 Å². The zero-order valence-electron chi connectivity index (χ0n) is 23.2. The number of nitrogens with zero attached hydrogens (tertiary/aromatic N) is 9. The lowest BCUT2D eigenvalue weighted by atomic mass is 10.1. The molecule has 5 heterocycles. The summed E-state index contributed by atoms with van der Waals surface area (Å²) < 4.78 is 4.78. The van der Waals surface area contributed by atoms with Crippen molar-refractivity contribution in [2.24, 2.45) is 30.0 Å². The third-order valence-corrected chi connectivity index (χ3v) is 7.97. The summed E-state index contributed by atoms with van der Waals surface area (Å²) >= 11 is 0. The van der Waals surface area contributed by atoms with Crippen LogP contribution in [-0.2, 0) is 0 Å². The van der Waals surface area contributed by atoms with E-state index < -0.39 is 9.85 Å². The second-order valence-electron chi connectivity index (χ2n) is 10.6. The summed E-state index contributed by atoms with van der Waals surface area (Å²) in [5.74, 6) is 1.94. The number of aromatic amines is 1. The van der Waals surface area contributed by atoms with E-state index in [9.17, 15) is 20.2 Å². The fourth-order valence-electron chi connectivity index (χ4n) is 5.83. The van der Waals surface area contributed by atoms with Crippen molar-refractivity contribution < 1.29 is 9.85 Å². The van der Waals surface area contributed by atoms with Crippen LogP contribution in [0.4, 0.5) is 11.4 Å². The van der Waals surface area contributed by atoms with Crippen LogP contribution < -0.4 is 15.6 Å². The number of aromatic nitrogens is 1. The van der Waals surface area contributed by atoms with E-state index in [1.807, 2.05) is 48.5 Å². The molecule has 14 nitrogen and oxygen atoms in total. The molecule has 0 aliphatic carbocycles. The van der Waals surface area contributed by atoms with Gasteiger partial charge in [-0.1, -0.05) is 40.3 Å². The first-order valence-electron chi connectivity index (χ1n) is 13.9. The lowest BCUT2D eigenvalue weighted by molar-refractivity contribution is -0.385. The second-order valence-corrected chi connectivity index (χ2v) is 10.6. The van der Waals surface area contributed by atoms with Gasteiger partial charge in [0.1, 0.15) is 11.0 Å². The van der Waals surface area contributed by atoms with Gasteiger partial charge in [-0.05, 0) is 30.3 Å². The SMILES string of the molecule is O=[N+]([O-])c1ccc2c(c1)C1=NC2=NC2=[N+]=C(N=C3N=C(N=c4[nH]c(c5cc([N+](=O)[O-])ccc45)=N1)c1ccccc13)c1ccccc12. The maximum Gasteiger partial charge on any atom is 0.360 e. The van der Waals surface area contributed by atoms with Gasteiger partial charge in [-0.3, -0.25) is 20.2 Å². The van der Waals surface area contributed by atoms with Gasteiger partial charge in [-0.2, -0.15) is 9.98 Å². The molecule has 0 amide bonds. The van der Waals surface area contributed by atoms with Gasteiger partial charge in [-0.25, -0.2) is 14.7 Å². The molecule has 0 radical (unpaired) electrons. The Morgan fingerprint density at radius 2 is 0.978 bits per heavy atom. The van der Waals surface area contributed by atoms with Crippen LogP contribution in [0.2, 0.25) is 0 Å². The van der Waals surface area contributed by atoms with Gasteiger partial charge in [0.05, 0.1) is 21.0 Å². The summed E-state index contributed by atoms with van der Waals surface area (Å²) in [4.78, 5) is 54.4. The Morgan fingerprint density at radius 1 is 0.500 bits per heavy atom. The maximum absolute atomic E-state index is 11.7. The lowest BCUT2D eigenvalue weighted by Gasteiger charge is -1.98. The molecule has 9 rings (SSSR count). The minimum absolute atomic E-state index is 0.130. The average Bonchev–Trinajstić information content (AvgIpc) is 3.79. The third kappa shape index (κ3) is 3.74. The molecule has 4 aliphatic rings. The molecule has 0 saturated carbocycles. The van der Waals surface area contributed by atoms with Gasteiger partial charge in [0, 0.05) is 57.3 Å². The molecule has 0 spiro atoms. The number of amidine groups is 6. The monoisotopic (exact) mass is 603 g/mol. The predicted octanol–water partition coefficient (Wildman–Crippen LogP) is 2.93. The van der Waals surface area contributed by atoms with Crippen LogP contribution in [-0.4, -0.2) is 49.8 Å².